The van der Waals surface area contributed by atoms with E-state index in [9.17, 15) is 0 Å². The maximum Gasteiger partial charge on any atom is 0.181 e. The second-order valence-corrected chi connectivity index (χ2v) is 7.82. The van der Waals surface area contributed by atoms with Gasteiger partial charge in [-0.2, -0.15) is 10.4 Å². The topological polar surface area (TPSA) is 103 Å². The van der Waals surface area contributed by atoms with E-state index in [2.05, 4.69) is 51.5 Å². The van der Waals surface area contributed by atoms with E-state index in [0.717, 1.165) is 40.0 Å². The Morgan fingerprint density at radius 2 is 2.18 bits per heavy atom. The molecule has 4 aromatic rings. The lowest BCUT2D eigenvalue weighted by Crippen LogP contribution is -2.25. The highest BCUT2D eigenvalue weighted by atomic mass is 16.3. The summed E-state index contributed by atoms with van der Waals surface area (Å²) in [6.07, 6.45) is 5.58. The summed E-state index contributed by atoms with van der Waals surface area (Å²) >= 11 is 0. The van der Waals surface area contributed by atoms with Gasteiger partial charge in [-0.05, 0) is 41.7 Å². The van der Waals surface area contributed by atoms with E-state index in [-0.39, 0.29) is 11.5 Å². The van der Waals surface area contributed by atoms with Crippen molar-refractivity contribution in [2.24, 2.45) is 5.41 Å². The minimum atomic E-state index is -0.0253. The van der Waals surface area contributed by atoms with E-state index in [0.29, 0.717) is 11.3 Å². The molecule has 7 nitrogen and oxygen atoms in total. The fraction of sp³-hybridized carbons (Fsp3) is 0.238. The molecule has 28 heavy (non-hydrogen) atoms. The summed E-state index contributed by atoms with van der Waals surface area (Å²) in [5.74, 6) is 0.626. The van der Waals surface area contributed by atoms with Crippen molar-refractivity contribution < 1.29 is 4.42 Å². The van der Waals surface area contributed by atoms with Gasteiger partial charge < -0.3 is 9.73 Å². The van der Waals surface area contributed by atoms with E-state index < -0.39 is 0 Å². The lowest BCUT2D eigenvalue weighted by atomic mass is 9.86. The maximum absolute atomic E-state index is 9.16. The maximum atomic E-state index is 9.16. The number of nitrogens with one attached hydrogen (secondary N) is 2. The number of fused-ring (bicyclic) bond motifs is 2. The van der Waals surface area contributed by atoms with Crippen LogP contribution in [0.5, 0.6) is 0 Å². The van der Waals surface area contributed by atoms with Gasteiger partial charge in [0.15, 0.2) is 12.2 Å². The second-order valence-electron chi connectivity index (χ2n) is 7.82. The molecular formula is C21H18N6O. The first kappa shape index (κ1) is 16.5. The Balaban J connectivity index is 1.54. The fourth-order valence-corrected chi connectivity index (χ4v) is 4.00. The smallest absolute Gasteiger partial charge is 0.181 e. The van der Waals surface area contributed by atoms with Crippen LogP contribution < -0.4 is 5.32 Å². The van der Waals surface area contributed by atoms with Gasteiger partial charge in [0.2, 0.25) is 0 Å². The van der Waals surface area contributed by atoms with Gasteiger partial charge in [-0.15, -0.1) is 0 Å². The second kappa shape index (κ2) is 5.92. The number of aromatic amines is 1. The third-order valence-electron chi connectivity index (χ3n) is 5.37. The van der Waals surface area contributed by atoms with Gasteiger partial charge in [0.25, 0.3) is 0 Å². The Morgan fingerprint density at radius 3 is 2.96 bits per heavy atom. The van der Waals surface area contributed by atoms with Crippen LogP contribution in [0, 0.1) is 16.7 Å². The molecule has 5 rings (SSSR count). The summed E-state index contributed by atoms with van der Waals surface area (Å²) < 4.78 is 5.41. The molecule has 3 aromatic heterocycles. The number of hydrogen-bond donors (Lipinski definition) is 2. The van der Waals surface area contributed by atoms with Gasteiger partial charge >= 0.3 is 0 Å². The first-order valence-corrected chi connectivity index (χ1v) is 9.07. The minimum absolute atomic E-state index is 0.0253. The minimum Gasteiger partial charge on any atom is -0.442 e. The number of benzene rings is 1. The highest BCUT2D eigenvalue weighted by Gasteiger charge is 2.40. The summed E-state index contributed by atoms with van der Waals surface area (Å²) in [6.45, 7) is 4.43. The summed E-state index contributed by atoms with van der Waals surface area (Å²) in [4.78, 5) is 8.57. The summed E-state index contributed by atoms with van der Waals surface area (Å²) in [6, 6.07) is 10.3. The van der Waals surface area contributed by atoms with E-state index >= 15 is 0 Å². The molecule has 3 heterocycles. The van der Waals surface area contributed by atoms with Gasteiger partial charge in [0.05, 0.1) is 29.0 Å². The number of hydrogen-bond acceptors (Lipinski definition) is 6. The fourth-order valence-electron chi connectivity index (χ4n) is 4.00. The highest BCUT2D eigenvalue weighted by Crippen LogP contribution is 2.46. The average molecular weight is 370 g/mol. The normalized spacial score (nSPS) is 17.4. The van der Waals surface area contributed by atoms with Crippen LogP contribution >= 0.6 is 0 Å². The number of pyridine rings is 1. The van der Waals surface area contributed by atoms with Crippen molar-refractivity contribution in [3.8, 4) is 17.5 Å². The van der Waals surface area contributed by atoms with Crippen LogP contribution in [0.15, 0.2) is 47.5 Å². The number of nitrogens with zero attached hydrogens (tertiary/aromatic N) is 4. The van der Waals surface area contributed by atoms with Crippen LogP contribution in [0.4, 0.5) is 5.69 Å². The van der Waals surface area contributed by atoms with E-state index in [1.165, 1.54) is 6.39 Å². The molecule has 0 bridgehead atoms. The van der Waals surface area contributed by atoms with Crippen LogP contribution in [0.25, 0.3) is 22.4 Å². The molecule has 7 heteroatoms. The number of oxazole rings is 1. The first-order chi connectivity index (χ1) is 13.5. The third-order valence-corrected chi connectivity index (χ3v) is 5.37. The summed E-state index contributed by atoms with van der Waals surface area (Å²) in [7, 11) is 0. The summed E-state index contributed by atoms with van der Waals surface area (Å²) in [5, 5.41) is 21.2. The summed E-state index contributed by atoms with van der Waals surface area (Å²) in [5.41, 5.74) is 5.36. The lowest BCUT2D eigenvalue weighted by molar-refractivity contribution is 0.334. The zero-order chi connectivity index (χ0) is 19.3. The van der Waals surface area contributed by atoms with Crippen LogP contribution in [0.1, 0.15) is 36.7 Å². The van der Waals surface area contributed by atoms with Crippen LogP contribution in [-0.2, 0) is 6.42 Å². The molecule has 2 N–H and O–H groups in total. The van der Waals surface area contributed by atoms with Gasteiger partial charge in [-0.25, -0.2) is 4.98 Å². The zero-order valence-corrected chi connectivity index (χ0v) is 15.5. The van der Waals surface area contributed by atoms with E-state index in [4.69, 9.17) is 9.68 Å². The number of rotatable bonds is 3. The molecule has 1 atom stereocenters. The first-order valence-electron chi connectivity index (χ1n) is 9.07. The Kier molecular flexibility index (Phi) is 3.49. The van der Waals surface area contributed by atoms with Crippen molar-refractivity contribution >= 4 is 16.6 Å². The van der Waals surface area contributed by atoms with Gasteiger partial charge in [-0.1, -0.05) is 13.8 Å². The number of H-pyrrole nitrogens is 1. The van der Waals surface area contributed by atoms with Gasteiger partial charge in [0.1, 0.15) is 11.8 Å². The molecule has 0 radical (unpaired) electrons. The van der Waals surface area contributed by atoms with Gasteiger partial charge in [0, 0.05) is 17.3 Å². The molecule has 1 aromatic carbocycles. The molecule has 0 unspecified atom stereocenters. The van der Waals surface area contributed by atoms with E-state index in [1.54, 1.807) is 12.4 Å². The van der Waals surface area contributed by atoms with E-state index in [1.807, 2.05) is 18.2 Å². The molecule has 0 aliphatic heterocycles. The SMILES string of the molecule is CC1(C)Cc2cc(C#N)cnc2[C@@H]1Nc1ccc2[nH]nc(-c3cnco3)c2c1. The predicted molar refractivity (Wildman–Crippen MR) is 104 cm³/mol. The molecule has 0 fully saturated rings. The average Bonchev–Trinajstić information content (AvgIpc) is 3.39. The largest absolute Gasteiger partial charge is 0.442 e. The van der Waals surface area contributed by atoms with Crippen molar-refractivity contribution in [1.29, 1.82) is 5.26 Å². The molecule has 138 valence electrons. The third kappa shape index (κ3) is 2.54. The van der Waals surface area contributed by atoms with Crippen LogP contribution in [-0.4, -0.2) is 20.2 Å². The molecule has 1 aliphatic rings. The monoisotopic (exact) mass is 370 g/mol. The lowest BCUT2D eigenvalue weighted by Gasteiger charge is -2.28. The Hall–Kier alpha value is -3.66. The van der Waals surface area contributed by atoms with Crippen molar-refractivity contribution in [3.05, 3.63) is 59.9 Å². The molecule has 0 saturated heterocycles. The standard InChI is InChI=1S/C21H18N6O/c1-21(2)7-13-5-12(8-22)9-24-18(13)20(21)25-14-3-4-16-15(6-14)19(27-26-16)17-10-23-11-28-17/h3-6,9-11,20,25H,7H2,1-2H3,(H,26,27)/t20-/m0/s1. The van der Waals surface area contributed by atoms with Crippen molar-refractivity contribution in [2.75, 3.05) is 5.32 Å². The predicted octanol–water partition coefficient (Wildman–Crippen LogP) is 4.22. The Bertz CT molecular complexity index is 1220. The van der Waals surface area contributed by atoms with Crippen LogP contribution in [0.2, 0.25) is 0 Å². The number of nitriles is 1. The number of aromatic nitrogens is 4. The Labute approximate surface area is 161 Å². The molecular weight excluding hydrogens is 352 g/mol. The highest BCUT2D eigenvalue weighted by molar-refractivity contribution is 5.93. The van der Waals surface area contributed by atoms with Crippen LogP contribution in [0.3, 0.4) is 0 Å². The number of anilines is 1. The van der Waals surface area contributed by atoms with Gasteiger partial charge in [-0.3, -0.25) is 10.1 Å². The quantitative estimate of drug-likeness (QED) is 0.560. The molecule has 0 spiro atoms. The zero-order valence-electron chi connectivity index (χ0n) is 15.5. The molecule has 0 amide bonds. The van der Waals surface area contributed by atoms with Crippen molar-refractivity contribution in [3.63, 3.8) is 0 Å². The van der Waals surface area contributed by atoms with Crippen molar-refractivity contribution in [1.82, 2.24) is 20.2 Å². The molecule has 0 saturated carbocycles. The molecule has 1 aliphatic carbocycles. The van der Waals surface area contributed by atoms with Crippen molar-refractivity contribution in [2.45, 2.75) is 26.3 Å². The Morgan fingerprint density at radius 1 is 1.29 bits per heavy atom.